The van der Waals surface area contributed by atoms with Crippen molar-refractivity contribution in [1.82, 2.24) is 0 Å². The summed E-state index contributed by atoms with van der Waals surface area (Å²) in [5.41, 5.74) is 0. The largest absolute Gasteiger partial charge is 2.00 e. The first-order valence-corrected chi connectivity index (χ1v) is 10.3. The molecular weight excluding hydrogens is 404 g/mol. The van der Waals surface area contributed by atoms with Gasteiger partial charge in [-0.25, -0.2) is 0 Å². The van der Waals surface area contributed by atoms with Crippen molar-refractivity contribution in [3.05, 3.63) is 63.2 Å². The van der Waals surface area contributed by atoms with E-state index in [1.807, 2.05) is 51.4 Å². The third-order valence-corrected chi connectivity index (χ3v) is 4.14. The van der Waals surface area contributed by atoms with Gasteiger partial charge in [0.25, 0.3) is 0 Å². The first kappa shape index (κ1) is 28.2. The van der Waals surface area contributed by atoms with Crippen LogP contribution in [0.4, 0.5) is 0 Å². The SMILES string of the molecule is CCCCCCC#C[C]1[CH][CH][CH][C]1C(=O)CCCC(=O)OCC.[CH]1[CH][CH][CH][CH]1.[Fe+2]. The van der Waals surface area contributed by atoms with Gasteiger partial charge in [-0.15, -0.1) is 5.92 Å². The maximum atomic E-state index is 12.2. The molecule has 0 aromatic rings. The zero-order chi connectivity index (χ0) is 20.5. The summed E-state index contributed by atoms with van der Waals surface area (Å²) in [5.74, 6) is 7.56. The molecule has 0 saturated heterocycles. The second kappa shape index (κ2) is 19.2. The second-order valence-corrected chi connectivity index (χ2v) is 6.51. The van der Waals surface area contributed by atoms with Crippen LogP contribution in [0.5, 0.6) is 0 Å². The van der Waals surface area contributed by atoms with E-state index >= 15 is 0 Å². The smallest absolute Gasteiger partial charge is 0.466 e. The summed E-state index contributed by atoms with van der Waals surface area (Å²) in [6.07, 6.45) is 22.4. The Hall–Kier alpha value is -0.781. The number of esters is 1. The first-order valence-electron chi connectivity index (χ1n) is 10.3. The number of ether oxygens (including phenoxy) is 1. The maximum Gasteiger partial charge on any atom is 2.00 e. The molecule has 0 unspecified atom stereocenters. The molecule has 0 atom stereocenters. The van der Waals surface area contributed by atoms with Crippen LogP contribution in [0, 0.1) is 75.0 Å². The van der Waals surface area contributed by atoms with Crippen molar-refractivity contribution < 1.29 is 31.4 Å². The molecule has 2 aliphatic carbocycles. The number of rotatable bonds is 10. The van der Waals surface area contributed by atoms with Crippen LogP contribution in [0.15, 0.2) is 0 Å². The number of carbonyl (C=O) groups excluding carboxylic acids is 2. The van der Waals surface area contributed by atoms with Gasteiger partial charge in [0.1, 0.15) is 5.78 Å². The topological polar surface area (TPSA) is 43.4 Å². The first-order chi connectivity index (χ1) is 13.7. The van der Waals surface area contributed by atoms with Gasteiger partial charge in [-0.1, -0.05) is 32.1 Å². The second-order valence-electron chi connectivity index (χ2n) is 6.51. The number of hydrogen-bond donors (Lipinski definition) is 0. The normalized spacial score (nSPS) is 16.2. The van der Waals surface area contributed by atoms with E-state index in [9.17, 15) is 9.59 Å². The summed E-state index contributed by atoms with van der Waals surface area (Å²) < 4.78 is 4.86. The number of hydrogen-bond acceptors (Lipinski definition) is 3. The Balaban J connectivity index is 0.00000113. The van der Waals surface area contributed by atoms with Crippen molar-refractivity contribution in [2.24, 2.45) is 0 Å². The number of Topliss-reactive ketones (excluding diaryl/α,β-unsaturated/α-hetero) is 1. The van der Waals surface area contributed by atoms with Gasteiger partial charge in [-0.05, 0) is 71.1 Å². The summed E-state index contributed by atoms with van der Waals surface area (Å²) in [5, 5.41) is 0. The third kappa shape index (κ3) is 14.0. The molecule has 2 saturated carbocycles. The maximum absolute atomic E-state index is 12.2. The van der Waals surface area contributed by atoms with Gasteiger partial charge in [-0.3, -0.25) is 9.59 Å². The molecule has 2 fully saturated rings. The molecule has 2 aliphatic rings. The third-order valence-electron chi connectivity index (χ3n) is 4.14. The van der Waals surface area contributed by atoms with Gasteiger partial charge >= 0.3 is 23.0 Å². The number of ketones is 1. The van der Waals surface area contributed by atoms with Crippen molar-refractivity contribution in [2.75, 3.05) is 6.61 Å². The van der Waals surface area contributed by atoms with E-state index < -0.39 is 0 Å². The molecule has 156 valence electrons. The van der Waals surface area contributed by atoms with Crippen LogP contribution in [-0.4, -0.2) is 18.4 Å². The molecule has 0 aliphatic heterocycles. The average molecular weight is 436 g/mol. The number of unbranched alkanes of at least 4 members (excludes halogenated alkanes) is 4. The molecule has 2 rings (SSSR count). The molecule has 0 amide bonds. The van der Waals surface area contributed by atoms with E-state index in [4.69, 9.17) is 4.74 Å². The van der Waals surface area contributed by atoms with E-state index in [2.05, 4.69) is 18.8 Å². The molecule has 4 heteroatoms. The van der Waals surface area contributed by atoms with E-state index in [0.29, 0.717) is 31.8 Å². The molecule has 0 bridgehead atoms. The fourth-order valence-electron chi connectivity index (χ4n) is 2.65. The quantitative estimate of drug-likeness (QED) is 0.208. The van der Waals surface area contributed by atoms with Crippen LogP contribution < -0.4 is 0 Å². The molecule has 29 heavy (non-hydrogen) atoms. The Morgan fingerprint density at radius 3 is 2.17 bits per heavy atom. The van der Waals surface area contributed by atoms with Crippen molar-refractivity contribution in [3.63, 3.8) is 0 Å². The summed E-state index contributed by atoms with van der Waals surface area (Å²) in [4.78, 5) is 23.5. The zero-order valence-corrected chi connectivity index (χ0v) is 18.7. The molecule has 0 spiro atoms. The van der Waals surface area contributed by atoms with Crippen LogP contribution in [0.1, 0.15) is 65.2 Å². The van der Waals surface area contributed by atoms with Gasteiger partial charge in [0.05, 0.1) is 18.4 Å². The van der Waals surface area contributed by atoms with E-state index in [-0.39, 0.29) is 28.8 Å². The van der Waals surface area contributed by atoms with E-state index in [1.54, 1.807) is 6.92 Å². The summed E-state index contributed by atoms with van der Waals surface area (Å²) in [7, 11) is 0. The minimum absolute atomic E-state index is 0. The van der Waals surface area contributed by atoms with Crippen LogP contribution in [0.3, 0.4) is 0 Å². The predicted octanol–water partition coefficient (Wildman–Crippen LogP) is 5.06. The van der Waals surface area contributed by atoms with Crippen LogP contribution in [0.25, 0.3) is 0 Å². The van der Waals surface area contributed by atoms with Crippen molar-refractivity contribution in [2.45, 2.75) is 65.2 Å². The Labute approximate surface area is 190 Å². The Kier molecular flexibility index (Phi) is 18.7. The molecule has 10 radical (unpaired) electrons. The summed E-state index contributed by atoms with van der Waals surface area (Å²) in [6, 6.07) is 0. The van der Waals surface area contributed by atoms with Gasteiger partial charge in [-0.2, -0.15) is 0 Å². The van der Waals surface area contributed by atoms with E-state index in [0.717, 1.165) is 18.8 Å². The average Bonchev–Trinajstić information content (AvgIpc) is 3.39. The number of carbonyl (C=O) groups is 2. The Morgan fingerprint density at radius 2 is 1.55 bits per heavy atom. The minimum Gasteiger partial charge on any atom is -0.466 e. The molecule has 0 aromatic carbocycles. The van der Waals surface area contributed by atoms with Gasteiger partial charge in [0.15, 0.2) is 0 Å². The molecule has 0 heterocycles. The molecule has 0 aromatic heterocycles. The molecular formula is C25H32FeO3+2. The van der Waals surface area contributed by atoms with E-state index in [1.165, 1.54) is 19.3 Å². The van der Waals surface area contributed by atoms with Crippen molar-refractivity contribution >= 4 is 11.8 Å². The van der Waals surface area contributed by atoms with Gasteiger partial charge in [0.2, 0.25) is 0 Å². The summed E-state index contributed by atoms with van der Waals surface area (Å²) in [6.45, 7) is 4.35. The standard InChI is InChI=1S/C20H27O3.C5H5.Fe/c1-3-5-6-7-8-9-12-17-13-10-14-18(17)19(21)15-11-16-20(22)23-4-2;1-2-4-5-3-1;/h10,13-14H,3-8,11,15-16H2,1-2H3;1-5H;/q;;+2. The minimum atomic E-state index is -0.241. The fraction of sp³-hybridized carbons (Fsp3) is 0.440. The van der Waals surface area contributed by atoms with Crippen LogP contribution >= 0.6 is 0 Å². The van der Waals surface area contributed by atoms with Crippen molar-refractivity contribution in [3.8, 4) is 11.8 Å². The van der Waals surface area contributed by atoms with Crippen molar-refractivity contribution in [1.29, 1.82) is 0 Å². The monoisotopic (exact) mass is 436 g/mol. The van der Waals surface area contributed by atoms with Gasteiger partial charge < -0.3 is 4.74 Å². The Morgan fingerprint density at radius 1 is 0.862 bits per heavy atom. The van der Waals surface area contributed by atoms with Gasteiger partial charge in [0, 0.05) is 19.3 Å². The molecule has 3 nitrogen and oxygen atoms in total. The van der Waals surface area contributed by atoms with Crippen LogP contribution in [-0.2, 0) is 31.4 Å². The Bertz CT molecular complexity index is 480. The fourth-order valence-corrected chi connectivity index (χ4v) is 2.65. The zero-order valence-electron chi connectivity index (χ0n) is 17.6. The van der Waals surface area contributed by atoms with Crippen LogP contribution in [0.2, 0.25) is 0 Å². The summed E-state index contributed by atoms with van der Waals surface area (Å²) >= 11 is 0. The molecule has 0 N–H and O–H groups in total. The predicted molar refractivity (Wildman–Crippen MR) is 113 cm³/mol.